The molecule has 0 spiro atoms. The molecule has 1 atom stereocenters. The third kappa shape index (κ3) is 4.66. The van der Waals surface area contributed by atoms with Gasteiger partial charge < -0.3 is 14.6 Å². The summed E-state index contributed by atoms with van der Waals surface area (Å²) in [6.07, 6.45) is 1.14. The van der Waals surface area contributed by atoms with Crippen molar-refractivity contribution < 1.29 is 4.74 Å². The average molecular weight is 397 g/mol. The highest BCUT2D eigenvalue weighted by Crippen LogP contribution is 2.35. The van der Waals surface area contributed by atoms with Gasteiger partial charge in [-0.3, -0.25) is 4.90 Å². The molecule has 1 aromatic carbocycles. The highest BCUT2D eigenvalue weighted by atomic mass is 35.5. The summed E-state index contributed by atoms with van der Waals surface area (Å²) in [5.74, 6) is 0. The van der Waals surface area contributed by atoms with Gasteiger partial charge in [0.2, 0.25) is 0 Å². The summed E-state index contributed by atoms with van der Waals surface area (Å²) < 4.78 is 5.32. The molecule has 2 aromatic rings. The first-order chi connectivity index (χ1) is 12.3. The summed E-state index contributed by atoms with van der Waals surface area (Å²) in [4.78, 5) is 12.9. The third-order valence-corrected chi connectivity index (χ3v) is 6.02. The van der Waals surface area contributed by atoms with E-state index in [4.69, 9.17) is 21.3 Å². The Balaban J connectivity index is 1.78. The fourth-order valence-electron chi connectivity index (χ4n) is 3.35. The molecule has 144 valence electrons. The molecule has 0 amide bonds. The van der Waals surface area contributed by atoms with Crippen LogP contribution in [0.15, 0.2) is 17.3 Å². The van der Waals surface area contributed by atoms with Crippen molar-refractivity contribution in [2.24, 2.45) is 0 Å². The predicted octanol–water partition coefficient (Wildman–Crippen LogP) is 4.26. The van der Waals surface area contributed by atoms with Crippen molar-refractivity contribution in [1.82, 2.24) is 14.9 Å². The second-order valence-corrected chi connectivity index (χ2v) is 10.1. The molecule has 26 heavy (non-hydrogen) atoms. The van der Waals surface area contributed by atoms with Crippen molar-refractivity contribution in [2.75, 3.05) is 45.3 Å². The van der Waals surface area contributed by atoms with E-state index in [0.717, 1.165) is 59.6 Å². The van der Waals surface area contributed by atoms with Gasteiger partial charge in [0.05, 0.1) is 28.4 Å². The molecule has 1 aromatic heterocycles. The van der Waals surface area contributed by atoms with Crippen LogP contribution in [0.1, 0.15) is 27.2 Å². The van der Waals surface area contributed by atoms with E-state index in [1.807, 2.05) is 6.07 Å². The summed E-state index contributed by atoms with van der Waals surface area (Å²) in [7, 11) is 3.89. The van der Waals surface area contributed by atoms with E-state index in [-0.39, 0.29) is 4.75 Å². The van der Waals surface area contributed by atoms with Crippen molar-refractivity contribution >= 4 is 40.1 Å². The number of anilines is 1. The number of hydrogen-bond donors (Lipinski definition) is 1. The number of benzene rings is 1. The fourth-order valence-corrected chi connectivity index (χ4v) is 4.54. The van der Waals surface area contributed by atoms with Gasteiger partial charge in [-0.15, -0.1) is 0 Å². The Labute approximate surface area is 165 Å². The second-order valence-electron chi connectivity index (χ2n) is 7.92. The van der Waals surface area contributed by atoms with Crippen molar-refractivity contribution in [3.05, 3.63) is 17.2 Å². The van der Waals surface area contributed by atoms with E-state index in [0.29, 0.717) is 6.04 Å². The molecule has 1 N–H and O–H groups in total. The highest BCUT2D eigenvalue weighted by molar-refractivity contribution is 8.00. The lowest BCUT2D eigenvalue weighted by molar-refractivity contribution is 0.160. The third-order valence-electron chi connectivity index (χ3n) is 4.72. The van der Waals surface area contributed by atoms with E-state index >= 15 is 0 Å². The van der Waals surface area contributed by atoms with Gasteiger partial charge in [-0.25, -0.2) is 4.98 Å². The van der Waals surface area contributed by atoms with Crippen LogP contribution in [0.25, 0.3) is 11.0 Å². The maximum Gasteiger partial charge on any atom is 0.166 e. The number of aromatic amines is 1. The van der Waals surface area contributed by atoms with E-state index < -0.39 is 0 Å². The molecule has 0 unspecified atom stereocenters. The number of thioether (sulfide) groups is 1. The molecule has 0 aliphatic carbocycles. The molecule has 1 aliphatic rings. The van der Waals surface area contributed by atoms with Gasteiger partial charge in [0, 0.05) is 44.6 Å². The number of imidazole rings is 1. The molecule has 0 saturated carbocycles. The Morgan fingerprint density at radius 2 is 2.19 bits per heavy atom. The van der Waals surface area contributed by atoms with Crippen LogP contribution in [-0.4, -0.2) is 66.1 Å². The van der Waals surface area contributed by atoms with E-state index in [1.54, 1.807) is 18.9 Å². The minimum absolute atomic E-state index is 0.118. The van der Waals surface area contributed by atoms with E-state index in [2.05, 4.69) is 48.7 Å². The Morgan fingerprint density at radius 1 is 1.42 bits per heavy atom. The standard InChI is InChI=1S/C19H29ClN4OS/c1-19(2,3)26-18-21-15-10-14(20)17(11-16(15)22-18)23(4)13-6-7-24(12-13)8-9-25-5/h10-11,13H,6-9,12H2,1-5H3,(H,21,22)/t13-/m1/s1. The molecule has 5 nitrogen and oxygen atoms in total. The molecule has 7 heteroatoms. The first kappa shape index (κ1) is 19.8. The number of rotatable bonds is 6. The summed E-state index contributed by atoms with van der Waals surface area (Å²) >= 11 is 8.35. The number of likely N-dealkylation sites (N-methyl/N-ethyl adjacent to an activating group) is 1. The van der Waals surface area contributed by atoms with Crippen molar-refractivity contribution in [3.8, 4) is 0 Å². The number of nitrogens with zero attached hydrogens (tertiary/aromatic N) is 3. The number of hydrogen-bond acceptors (Lipinski definition) is 5. The van der Waals surface area contributed by atoms with Crippen LogP contribution in [0.2, 0.25) is 5.02 Å². The van der Waals surface area contributed by atoms with Gasteiger partial charge in [0.15, 0.2) is 5.16 Å². The number of fused-ring (bicyclic) bond motifs is 1. The number of aromatic nitrogens is 2. The van der Waals surface area contributed by atoms with Crippen molar-refractivity contribution in [3.63, 3.8) is 0 Å². The molecule has 0 radical (unpaired) electrons. The molecule has 3 rings (SSSR count). The maximum absolute atomic E-state index is 6.61. The van der Waals surface area contributed by atoms with Crippen LogP contribution in [0.4, 0.5) is 5.69 Å². The summed E-state index contributed by atoms with van der Waals surface area (Å²) in [5, 5.41) is 1.71. The Bertz CT molecular complexity index is 758. The molecule has 1 aliphatic heterocycles. The monoisotopic (exact) mass is 396 g/mol. The summed E-state index contributed by atoms with van der Waals surface area (Å²) in [6, 6.07) is 4.57. The van der Waals surface area contributed by atoms with Crippen LogP contribution in [0, 0.1) is 0 Å². The van der Waals surface area contributed by atoms with Crippen molar-refractivity contribution in [2.45, 2.75) is 43.1 Å². The molecule has 0 bridgehead atoms. The number of methoxy groups -OCH3 is 1. The van der Waals surface area contributed by atoms with Gasteiger partial charge >= 0.3 is 0 Å². The first-order valence-corrected chi connectivity index (χ1v) is 10.3. The smallest absolute Gasteiger partial charge is 0.166 e. The zero-order valence-electron chi connectivity index (χ0n) is 16.3. The van der Waals surface area contributed by atoms with Crippen LogP contribution in [-0.2, 0) is 4.74 Å². The number of nitrogens with one attached hydrogen (secondary N) is 1. The quantitative estimate of drug-likeness (QED) is 0.739. The van der Waals surface area contributed by atoms with E-state index in [1.165, 1.54) is 0 Å². The molecule has 2 heterocycles. The van der Waals surface area contributed by atoms with Gasteiger partial charge in [0.25, 0.3) is 0 Å². The lowest BCUT2D eigenvalue weighted by Crippen LogP contribution is -2.35. The van der Waals surface area contributed by atoms with Gasteiger partial charge in [0.1, 0.15) is 0 Å². The Hall–Kier alpha value is -0.950. The number of halogens is 1. The maximum atomic E-state index is 6.61. The lowest BCUT2D eigenvalue weighted by Gasteiger charge is -2.28. The number of ether oxygens (including phenoxy) is 1. The number of likely N-dealkylation sites (tertiary alicyclic amines) is 1. The van der Waals surface area contributed by atoms with Gasteiger partial charge in [-0.05, 0) is 18.6 Å². The van der Waals surface area contributed by atoms with Gasteiger partial charge in [-0.2, -0.15) is 0 Å². The van der Waals surface area contributed by atoms with Crippen molar-refractivity contribution in [1.29, 1.82) is 0 Å². The highest BCUT2D eigenvalue weighted by Gasteiger charge is 2.27. The Morgan fingerprint density at radius 3 is 2.88 bits per heavy atom. The van der Waals surface area contributed by atoms with Gasteiger partial charge in [-0.1, -0.05) is 44.1 Å². The van der Waals surface area contributed by atoms with E-state index in [9.17, 15) is 0 Å². The topological polar surface area (TPSA) is 44.4 Å². The zero-order chi connectivity index (χ0) is 18.9. The molecule has 1 fully saturated rings. The predicted molar refractivity (Wildman–Crippen MR) is 112 cm³/mol. The van der Waals surface area contributed by atoms with Crippen LogP contribution >= 0.6 is 23.4 Å². The normalized spacial score (nSPS) is 18.8. The summed E-state index contributed by atoms with van der Waals surface area (Å²) in [5.41, 5.74) is 3.01. The number of H-pyrrole nitrogens is 1. The molecular formula is C19H29ClN4OS. The summed E-state index contributed by atoms with van der Waals surface area (Å²) in [6.45, 7) is 10.5. The molecule has 1 saturated heterocycles. The van der Waals surface area contributed by atoms with Crippen LogP contribution in [0.3, 0.4) is 0 Å². The fraction of sp³-hybridized carbons (Fsp3) is 0.632. The average Bonchev–Trinajstić information content (AvgIpc) is 3.15. The zero-order valence-corrected chi connectivity index (χ0v) is 17.9. The largest absolute Gasteiger partial charge is 0.383 e. The Kier molecular flexibility index (Phi) is 6.07. The minimum Gasteiger partial charge on any atom is -0.383 e. The molecular weight excluding hydrogens is 368 g/mol. The minimum atomic E-state index is 0.118. The first-order valence-electron chi connectivity index (χ1n) is 9.09. The lowest BCUT2D eigenvalue weighted by atomic mass is 10.2. The van der Waals surface area contributed by atoms with Crippen LogP contribution < -0.4 is 4.90 Å². The SMILES string of the molecule is COCCN1CC[C@@H](N(C)c2cc3nc(SC(C)(C)C)[nH]c3cc2Cl)C1. The second kappa shape index (κ2) is 7.97. The van der Waals surface area contributed by atoms with Crippen LogP contribution in [0.5, 0.6) is 0 Å².